The summed E-state index contributed by atoms with van der Waals surface area (Å²) in [6, 6.07) is 27.6. The monoisotopic (exact) mass is 624 g/mol. The zero-order valence-corrected chi connectivity index (χ0v) is 25.7. The molecule has 0 bridgehead atoms. The first-order chi connectivity index (χ1) is 21.7. The molecule has 230 valence electrons. The van der Waals surface area contributed by atoms with Crippen molar-refractivity contribution >= 4 is 58.5 Å². The molecule has 0 aromatic heterocycles. The highest BCUT2D eigenvalue weighted by atomic mass is 32.2. The number of carbonyl (C=O) groups is 4. The molecular formula is C34H32N4O6S. The highest BCUT2D eigenvalue weighted by molar-refractivity contribution is 8.00. The Balaban J connectivity index is 1.47. The van der Waals surface area contributed by atoms with Crippen LogP contribution in [0.4, 0.5) is 17.1 Å². The molecule has 0 fully saturated rings. The van der Waals surface area contributed by atoms with Crippen molar-refractivity contribution in [2.24, 2.45) is 0 Å². The van der Waals surface area contributed by atoms with Gasteiger partial charge in [-0.1, -0.05) is 36.4 Å². The molecule has 0 aliphatic rings. The lowest BCUT2D eigenvalue weighted by atomic mass is 10.1. The van der Waals surface area contributed by atoms with Crippen LogP contribution in [-0.2, 0) is 14.4 Å². The predicted molar refractivity (Wildman–Crippen MR) is 177 cm³/mol. The number of ether oxygens (including phenoxy) is 2. The summed E-state index contributed by atoms with van der Waals surface area (Å²) in [6.45, 7) is 1.42. The molecule has 0 atom stereocenters. The summed E-state index contributed by atoms with van der Waals surface area (Å²) < 4.78 is 10.9. The maximum absolute atomic E-state index is 13.5. The van der Waals surface area contributed by atoms with E-state index in [2.05, 4.69) is 21.3 Å². The maximum atomic E-state index is 13.5. The average molecular weight is 625 g/mol. The fraction of sp³-hybridized carbons (Fsp3) is 0.118. The molecule has 0 aliphatic carbocycles. The molecule has 11 heteroatoms. The van der Waals surface area contributed by atoms with Gasteiger partial charge in [0, 0.05) is 40.0 Å². The van der Waals surface area contributed by atoms with Crippen LogP contribution in [0.15, 0.2) is 108 Å². The van der Waals surface area contributed by atoms with Gasteiger partial charge in [0.1, 0.15) is 5.70 Å². The molecule has 10 nitrogen and oxygen atoms in total. The van der Waals surface area contributed by atoms with Gasteiger partial charge >= 0.3 is 0 Å². The molecule has 0 saturated carbocycles. The van der Waals surface area contributed by atoms with Crippen LogP contribution in [0.3, 0.4) is 0 Å². The molecule has 4 aromatic carbocycles. The minimum atomic E-state index is -0.563. The van der Waals surface area contributed by atoms with Crippen molar-refractivity contribution in [3.05, 3.63) is 114 Å². The molecule has 0 spiro atoms. The smallest absolute Gasteiger partial charge is 0.272 e. The molecule has 0 unspecified atom stereocenters. The molecule has 0 radical (unpaired) electrons. The normalized spacial score (nSPS) is 10.8. The summed E-state index contributed by atoms with van der Waals surface area (Å²) in [6.07, 6.45) is 1.52. The minimum absolute atomic E-state index is 0.0163. The van der Waals surface area contributed by atoms with Crippen molar-refractivity contribution < 1.29 is 28.7 Å². The standard InChI is InChI=1S/C34H32N4O6S/c1-22(39)35-25-15-17-26(18-16-25)36-31(40)21-45-28-13-8-12-27(20-28)37-34(42)29(38-33(41)23-9-5-4-6-10-23)19-24-11-7-14-30(43-2)32(24)44-3/h4-20H,21H2,1-3H3,(H,35,39)(H,36,40)(H,37,42)(H,38,41)/b29-19+. The molecule has 4 aromatic rings. The Bertz CT molecular complexity index is 1710. The van der Waals surface area contributed by atoms with E-state index in [-0.39, 0.29) is 23.3 Å². The Kier molecular flexibility index (Phi) is 11.4. The van der Waals surface area contributed by atoms with E-state index in [4.69, 9.17) is 9.47 Å². The third-order valence-corrected chi connectivity index (χ3v) is 7.21. The molecule has 4 rings (SSSR count). The minimum Gasteiger partial charge on any atom is -0.493 e. The van der Waals surface area contributed by atoms with Crippen molar-refractivity contribution in [2.75, 3.05) is 35.9 Å². The third-order valence-electron chi connectivity index (χ3n) is 6.21. The van der Waals surface area contributed by atoms with Crippen molar-refractivity contribution in [1.82, 2.24) is 5.32 Å². The van der Waals surface area contributed by atoms with E-state index >= 15 is 0 Å². The largest absolute Gasteiger partial charge is 0.493 e. The highest BCUT2D eigenvalue weighted by Gasteiger charge is 2.18. The van der Waals surface area contributed by atoms with E-state index < -0.39 is 11.8 Å². The van der Waals surface area contributed by atoms with Crippen molar-refractivity contribution in [2.45, 2.75) is 11.8 Å². The maximum Gasteiger partial charge on any atom is 0.272 e. The van der Waals surface area contributed by atoms with Gasteiger partial charge in [-0.05, 0) is 66.7 Å². The van der Waals surface area contributed by atoms with Crippen LogP contribution < -0.4 is 30.7 Å². The average Bonchev–Trinajstić information content (AvgIpc) is 3.04. The van der Waals surface area contributed by atoms with Crippen LogP contribution in [0.5, 0.6) is 11.5 Å². The van der Waals surface area contributed by atoms with Crippen molar-refractivity contribution in [3.8, 4) is 11.5 Å². The summed E-state index contributed by atoms with van der Waals surface area (Å²) in [4.78, 5) is 51.1. The number of methoxy groups -OCH3 is 2. The first-order valence-corrected chi connectivity index (χ1v) is 14.7. The molecule has 4 N–H and O–H groups in total. The molecule has 45 heavy (non-hydrogen) atoms. The van der Waals surface area contributed by atoms with Crippen molar-refractivity contribution in [1.29, 1.82) is 0 Å². The number of thioether (sulfide) groups is 1. The first-order valence-electron chi connectivity index (χ1n) is 13.8. The Morgan fingerprint density at radius 2 is 1.42 bits per heavy atom. The van der Waals surface area contributed by atoms with Gasteiger partial charge in [0.25, 0.3) is 11.8 Å². The van der Waals surface area contributed by atoms with Gasteiger partial charge in [-0.25, -0.2) is 0 Å². The van der Waals surface area contributed by atoms with E-state index in [9.17, 15) is 19.2 Å². The first kappa shape index (κ1) is 32.4. The Morgan fingerprint density at radius 3 is 2.09 bits per heavy atom. The fourth-order valence-corrected chi connectivity index (χ4v) is 4.93. The van der Waals surface area contributed by atoms with Gasteiger partial charge in [-0.2, -0.15) is 0 Å². The molecule has 0 heterocycles. The second-order valence-corrected chi connectivity index (χ2v) is 10.6. The second-order valence-electron chi connectivity index (χ2n) is 9.54. The second kappa shape index (κ2) is 15.8. The summed E-state index contributed by atoms with van der Waals surface area (Å²) in [5.41, 5.74) is 2.59. The molecule has 4 amide bonds. The van der Waals surface area contributed by atoms with Gasteiger partial charge < -0.3 is 30.7 Å². The number of anilines is 3. The Morgan fingerprint density at radius 1 is 0.733 bits per heavy atom. The van der Waals surface area contributed by atoms with Gasteiger partial charge in [0.15, 0.2) is 11.5 Å². The number of nitrogens with one attached hydrogen (secondary N) is 4. The topological polar surface area (TPSA) is 135 Å². The zero-order chi connectivity index (χ0) is 32.2. The zero-order valence-electron chi connectivity index (χ0n) is 24.9. The van der Waals surface area contributed by atoms with Crippen LogP contribution >= 0.6 is 11.8 Å². The van der Waals surface area contributed by atoms with E-state index in [1.165, 1.54) is 39.0 Å². The Hall–Kier alpha value is -5.55. The van der Waals surface area contributed by atoms with Crippen LogP contribution in [0.1, 0.15) is 22.8 Å². The van der Waals surface area contributed by atoms with Crippen LogP contribution in [-0.4, -0.2) is 43.6 Å². The Labute approximate surface area is 265 Å². The summed E-state index contributed by atoms with van der Waals surface area (Å²) in [7, 11) is 3.00. The lowest BCUT2D eigenvalue weighted by molar-refractivity contribution is -0.114. The van der Waals surface area contributed by atoms with Gasteiger partial charge in [-0.3, -0.25) is 19.2 Å². The van der Waals surface area contributed by atoms with Crippen LogP contribution in [0.2, 0.25) is 0 Å². The summed E-state index contributed by atoms with van der Waals surface area (Å²) >= 11 is 1.29. The fourth-order valence-electron chi connectivity index (χ4n) is 4.17. The number of para-hydroxylation sites is 1. The highest BCUT2D eigenvalue weighted by Crippen LogP contribution is 2.32. The third kappa shape index (κ3) is 9.47. The SMILES string of the molecule is COc1cccc(/C=C(/NC(=O)c2ccccc2)C(=O)Nc2cccc(SCC(=O)Nc3ccc(NC(C)=O)cc3)c2)c1OC. The number of carbonyl (C=O) groups excluding carboxylic acids is 4. The summed E-state index contributed by atoms with van der Waals surface area (Å²) in [5, 5.41) is 11.0. The van der Waals surface area contributed by atoms with E-state index in [0.29, 0.717) is 39.7 Å². The number of rotatable bonds is 12. The number of benzene rings is 4. The predicted octanol–water partition coefficient (Wildman–Crippen LogP) is 5.80. The number of hydrogen-bond acceptors (Lipinski definition) is 7. The molecular weight excluding hydrogens is 592 g/mol. The molecule has 0 saturated heterocycles. The van der Waals surface area contributed by atoms with Crippen LogP contribution in [0, 0.1) is 0 Å². The van der Waals surface area contributed by atoms with Gasteiger partial charge in [0.2, 0.25) is 11.8 Å². The van der Waals surface area contributed by atoms with E-state index in [1.807, 2.05) is 6.07 Å². The van der Waals surface area contributed by atoms with Crippen molar-refractivity contribution in [3.63, 3.8) is 0 Å². The summed E-state index contributed by atoms with van der Waals surface area (Å²) in [5.74, 6) is -0.425. The van der Waals surface area contributed by atoms with E-state index in [1.54, 1.807) is 91.0 Å². The number of hydrogen-bond donors (Lipinski definition) is 4. The lowest BCUT2D eigenvalue weighted by Crippen LogP contribution is -2.30. The lowest BCUT2D eigenvalue weighted by Gasteiger charge is -2.14. The quantitative estimate of drug-likeness (QED) is 0.116. The number of amides is 4. The van der Waals surface area contributed by atoms with Gasteiger partial charge in [0.05, 0.1) is 20.0 Å². The van der Waals surface area contributed by atoms with Crippen LogP contribution in [0.25, 0.3) is 6.08 Å². The molecule has 0 aliphatic heterocycles. The van der Waals surface area contributed by atoms with E-state index in [0.717, 1.165) is 4.90 Å². The van der Waals surface area contributed by atoms with Gasteiger partial charge in [-0.15, -0.1) is 11.8 Å².